The summed E-state index contributed by atoms with van der Waals surface area (Å²) in [6, 6.07) is 4.35. The van der Waals surface area contributed by atoms with Crippen LogP contribution in [0.2, 0.25) is 0 Å². The van der Waals surface area contributed by atoms with Crippen molar-refractivity contribution in [3.63, 3.8) is 0 Å². The van der Waals surface area contributed by atoms with E-state index in [0.29, 0.717) is 5.69 Å². The van der Waals surface area contributed by atoms with Gasteiger partial charge in [0.1, 0.15) is 5.56 Å². The Morgan fingerprint density at radius 3 is 2.52 bits per heavy atom. The second-order valence-corrected chi connectivity index (χ2v) is 6.66. The highest BCUT2D eigenvalue weighted by Crippen LogP contribution is 2.31. The van der Waals surface area contributed by atoms with Crippen molar-refractivity contribution in [1.82, 2.24) is 9.36 Å². The van der Waals surface area contributed by atoms with Gasteiger partial charge in [-0.3, -0.25) is 9.48 Å². The van der Waals surface area contributed by atoms with Crippen LogP contribution in [-0.2, 0) is 18.0 Å². The quantitative estimate of drug-likeness (QED) is 0.557. The van der Waals surface area contributed by atoms with Gasteiger partial charge in [0.2, 0.25) is 0 Å². The topological polar surface area (TPSA) is 53.2 Å². The molecule has 2 aromatic rings. The van der Waals surface area contributed by atoms with Crippen molar-refractivity contribution in [2.75, 3.05) is 6.61 Å². The van der Waals surface area contributed by atoms with Gasteiger partial charge >= 0.3 is 12.1 Å². The highest BCUT2D eigenvalue weighted by atomic mass is 79.9. The molecular formula is C16H16BrF3N2O3. The number of aromatic nitrogens is 2. The predicted octanol–water partition coefficient (Wildman–Crippen LogP) is 3.83. The number of carbonyl (C=O) groups is 1. The van der Waals surface area contributed by atoms with Crippen molar-refractivity contribution in [2.45, 2.75) is 24.9 Å². The smallest absolute Gasteiger partial charge is 0.416 e. The number of ether oxygens (including phenoxy) is 1. The fraction of sp³-hybridized carbons (Fsp3) is 0.375. The Labute approximate surface area is 150 Å². The molecule has 0 N–H and O–H groups in total. The monoisotopic (exact) mass is 420 g/mol. The maximum Gasteiger partial charge on any atom is 0.416 e. The summed E-state index contributed by atoms with van der Waals surface area (Å²) >= 11 is 3.31. The zero-order valence-corrected chi connectivity index (χ0v) is 15.3. The summed E-state index contributed by atoms with van der Waals surface area (Å²) in [4.78, 5) is 24.5. The van der Waals surface area contributed by atoms with Gasteiger partial charge in [-0.2, -0.15) is 13.2 Å². The first-order chi connectivity index (χ1) is 11.6. The zero-order valence-electron chi connectivity index (χ0n) is 13.7. The summed E-state index contributed by atoms with van der Waals surface area (Å²) in [6.07, 6.45) is -4.54. The first-order valence-corrected chi connectivity index (χ1v) is 8.31. The van der Waals surface area contributed by atoms with E-state index in [1.165, 1.54) is 23.9 Å². The Bertz CT molecular complexity index is 853. The molecule has 1 aromatic carbocycles. The molecule has 136 valence electrons. The van der Waals surface area contributed by atoms with Crippen LogP contribution in [0.4, 0.5) is 13.2 Å². The fourth-order valence-electron chi connectivity index (χ4n) is 2.58. The summed E-state index contributed by atoms with van der Waals surface area (Å²) in [7, 11) is 1.50. The lowest BCUT2D eigenvalue weighted by Gasteiger charge is -2.13. The number of hydrogen-bond donors (Lipinski definition) is 0. The SMILES string of the molecule is CCOC(=O)c1c(C(C)Br)n(C)n(-c2cccc(C(F)(F)F)c2)c1=O. The van der Waals surface area contributed by atoms with E-state index in [1.807, 2.05) is 0 Å². The lowest BCUT2D eigenvalue weighted by Crippen LogP contribution is -2.24. The molecule has 0 spiro atoms. The molecule has 0 aliphatic heterocycles. The van der Waals surface area contributed by atoms with Crippen LogP contribution in [-0.4, -0.2) is 21.9 Å². The van der Waals surface area contributed by atoms with Crippen LogP contribution in [0.3, 0.4) is 0 Å². The largest absolute Gasteiger partial charge is 0.462 e. The molecule has 1 atom stereocenters. The van der Waals surface area contributed by atoms with E-state index in [-0.39, 0.29) is 17.9 Å². The second-order valence-electron chi connectivity index (χ2n) is 5.29. The molecule has 5 nitrogen and oxygen atoms in total. The fourth-order valence-corrected chi connectivity index (χ4v) is 3.10. The van der Waals surface area contributed by atoms with Gasteiger partial charge in [0.05, 0.1) is 28.4 Å². The van der Waals surface area contributed by atoms with Gasteiger partial charge in [-0.25, -0.2) is 9.48 Å². The first kappa shape index (κ1) is 19.3. The molecule has 2 rings (SSSR count). The molecule has 1 heterocycles. The third-order valence-electron chi connectivity index (χ3n) is 3.59. The average Bonchev–Trinajstić information content (AvgIpc) is 2.78. The number of rotatable bonds is 4. The maximum absolute atomic E-state index is 13.0. The van der Waals surface area contributed by atoms with Crippen LogP contribution in [0.25, 0.3) is 5.69 Å². The summed E-state index contributed by atoms with van der Waals surface area (Å²) in [5.41, 5.74) is -1.50. The summed E-state index contributed by atoms with van der Waals surface area (Å²) in [5.74, 6) is -0.810. The highest BCUT2D eigenvalue weighted by molar-refractivity contribution is 9.09. The number of carbonyl (C=O) groups excluding carboxylic acids is 1. The van der Waals surface area contributed by atoms with Crippen molar-refractivity contribution >= 4 is 21.9 Å². The van der Waals surface area contributed by atoms with Crippen molar-refractivity contribution in [3.05, 3.63) is 51.4 Å². The van der Waals surface area contributed by atoms with Crippen LogP contribution in [0.15, 0.2) is 29.1 Å². The molecule has 0 fully saturated rings. The van der Waals surface area contributed by atoms with Crippen LogP contribution < -0.4 is 5.56 Å². The predicted molar refractivity (Wildman–Crippen MR) is 89.3 cm³/mol. The van der Waals surface area contributed by atoms with E-state index in [2.05, 4.69) is 15.9 Å². The van der Waals surface area contributed by atoms with Crippen molar-refractivity contribution in [1.29, 1.82) is 0 Å². The van der Waals surface area contributed by atoms with E-state index < -0.39 is 28.1 Å². The van der Waals surface area contributed by atoms with Gasteiger partial charge in [0.15, 0.2) is 0 Å². The normalized spacial score (nSPS) is 12.9. The van der Waals surface area contributed by atoms with Crippen LogP contribution >= 0.6 is 15.9 Å². The standard InChI is InChI=1S/C16H16BrF3N2O3/c1-4-25-15(24)12-13(9(2)17)21(3)22(14(12)23)11-7-5-6-10(8-11)16(18,19)20/h5-9H,4H2,1-3H3. The zero-order chi connectivity index (χ0) is 18.9. The molecule has 1 aromatic heterocycles. The minimum Gasteiger partial charge on any atom is -0.462 e. The van der Waals surface area contributed by atoms with Gasteiger partial charge in [-0.1, -0.05) is 22.0 Å². The van der Waals surface area contributed by atoms with Gasteiger partial charge in [-0.05, 0) is 32.0 Å². The Balaban J connectivity index is 2.74. The molecule has 9 heteroatoms. The molecule has 0 aliphatic rings. The molecule has 0 amide bonds. The Morgan fingerprint density at radius 2 is 2.00 bits per heavy atom. The van der Waals surface area contributed by atoms with Crippen LogP contribution in [0.1, 0.15) is 40.3 Å². The van der Waals surface area contributed by atoms with Crippen molar-refractivity contribution in [2.24, 2.45) is 7.05 Å². The van der Waals surface area contributed by atoms with Gasteiger partial charge < -0.3 is 4.74 Å². The van der Waals surface area contributed by atoms with Gasteiger partial charge in [0.25, 0.3) is 5.56 Å². The minimum atomic E-state index is -4.54. The molecule has 0 bridgehead atoms. The Kier molecular flexibility index (Phi) is 5.46. The number of nitrogens with zero attached hydrogens (tertiary/aromatic N) is 2. The van der Waals surface area contributed by atoms with Crippen molar-refractivity contribution < 1.29 is 22.7 Å². The average molecular weight is 421 g/mol. The third-order valence-corrected chi connectivity index (χ3v) is 4.02. The molecule has 1 unspecified atom stereocenters. The van der Waals surface area contributed by atoms with Crippen LogP contribution in [0, 0.1) is 0 Å². The first-order valence-electron chi connectivity index (χ1n) is 7.40. The molecular weight excluding hydrogens is 405 g/mol. The highest BCUT2D eigenvalue weighted by Gasteiger charge is 2.32. The number of alkyl halides is 4. The Morgan fingerprint density at radius 1 is 1.36 bits per heavy atom. The molecule has 0 radical (unpaired) electrons. The molecule has 0 saturated heterocycles. The lowest BCUT2D eigenvalue weighted by molar-refractivity contribution is -0.137. The van der Waals surface area contributed by atoms with E-state index >= 15 is 0 Å². The second kappa shape index (κ2) is 7.07. The minimum absolute atomic E-state index is 0.00673. The van der Waals surface area contributed by atoms with Crippen molar-refractivity contribution in [3.8, 4) is 5.69 Å². The van der Waals surface area contributed by atoms with E-state index in [9.17, 15) is 22.8 Å². The van der Waals surface area contributed by atoms with E-state index in [0.717, 1.165) is 16.8 Å². The number of halogens is 4. The number of esters is 1. The van der Waals surface area contributed by atoms with E-state index in [4.69, 9.17) is 4.74 Å². The molecule has 0 aliphatic carbocycles. The van der Waals surface area contributed by atoms with Crippen LogP contribution in [0.5, 0.6) is 0 Å². The lowest BCUT2D eigenvalue weighted by atomic mass is 10.2. The summed E-state index contributed by atoms with van der Waals surface area (Å²) < 4.78 is 46.1. The maximum atomic E-state index is 13.0. The number of hydrogen-bond acceptors (Lipinski definition) is 3. The van der Waals surface area contributed by atoms with Gasteiger partial charge in [-0.15, -0.1) is 0 Å². The third kappa shape index (κ3) is 3.65. The van der Waals surface area contributed by atoms with E-state index in [1.54, 1.807) is 13.8 Å². The summed E-state index contributed by atoms with van der Waals surface area (Å²) in [6.45, 7) is 3.38. The number of benzene rings is 1. The molecule has 25 heavy (non-hydrogen) atoms. The van der Waals surface area contributed by atoms with Gasteiger partial charge in [0, 0.05) is 7.05 Å². The Hall–Kier alpha value is -2.03. The molecule has 0 saturated carbocycles. The summed E-state index contributed by atoms with van der Waals surface area (Å²) in [5, 5.41) is 0.